The van der Waals surface area contributed by atoms with Crippen LogP contribution in [0.25, 0.3) is 0 Å². The summed E-state index contributed by atoms with van der Waals surface area (Å²) in [5.41, 5.74) is 2.12. The molecule has 0 N–H and O–H groups in total. The second kappa shape index (κ2) is 15.3. The molecule has 6 aromatic rings. The van der Waals surface area contributed by atoms with Crippen molar-refractivity contribution in [1.82, 2.24) is 0 Å². The Labute approximate surface area is 296 Å². The molecule has 1 aliphatic rings. The van der Waals surface area contributed by atoms with Crippen LogP contribution in [0.4, 0.5) is 0 Å². The molecule has 0 radical (unpaired) electrons. The highest BCUT2D eigenvalue weighted by molar-refractivity contribution is 7.80. The van der Waals surface area contributed by atoms with E-state index in [-0.39, 0.29) is 11.8 Å². The van der Waals surface area contributed by atoms with Crippen LogP contribution in [-0.4, -0.2) is 26.2 Å². The molecule has 1 fully saturated rings. The van der Waals surface area contributed by atoms with Crippen molar-refractivity contribution in [2.75, 3.05) is 14.2 Å². The standard InChI is InChI=1S/C44H38O4P2/c1-47-43(45)41-39(35-27-15-17-29-37(35)49(31-19-7-3-8-20-31)32-21-9-4-10-22-32)40(42(41)44(46)48-2)36-28-16-18-30-38(36)50(33-23-11-5-12-24-33)34-25-13-6-14-26-34/h3-30,39-42H,1-2H3/t39-,40-,41-,42-/m0/s1. The van der Waals surface area contributed by atoms with Gasteiger partial charge in [0, 0.05) is 11.8 Å². The molecule has 0 bridgehead atoms. The molecule has 6 aromatic carbocycles. The van der Waals surface area contributed by atoms with Crippen LogP contribution in [0.5, 0.6) is 0 Å². The lowest BCUT2D eigenvalue weighted by molar-refractivity contribution is -0.168. The maximum atomic E-state index is 13.8. The van der Waals surface area contributed by atoms with Crippen LogP contribution in [0.15, 0.2) is 170 Å². The van der Waals surface area contributed by atoms with Gasteiger partial charge < -0.3 is 9.47 Å². The lowest BCUT2D eigenvalue weighted by atomic mass is 9.52. The Bertz CT molecular complexity index is 1830. The molecule has 7 rings (SSSR count). The summed E-state index contributed by atoms with van der Waals surface area (Å²) in [6.45, 7) is 0. The lowest BCUT2D eigenvalue weighted by Crippen LogP contribution is -2.54. The number of ether oxygens (including phenoxy) is 2. The van der Waals surface area contributed by atoms with Crippen LogP contribution in [0, 0.1) is 11.8 Å². The summed E-state index contributed by atoms with van der Waals surface area (Å²) in [4.78, 5) is 27.7. The minimum atomic E-state index is -0.991. The van der Waals surface area contributed by atoms with E-state index >= 15 is 0 Å². The van der Waals surface area contributed by atoms with Crippen molar-refractivity contribution in [3.8, 4) is 0 Å². The van der Waals surface area contributed by atoms with Gasteiger partial charge in [-0.1, -0.05) is 170 Å². The Morgan fingerprint density at radius 3 is 0.940 bits per heavy atom. The van der Waals surface area contributed by atoms with Gasteiger partial charge in [-0.25, -0.2) is 0 Å². The van der Waals surface area contributed by atoms with Crippen molar-refractivity contribution in [2.24, 2.45) is 11.8 Å². The first-order chi connectivity index (χ1) is 24.6. The smallest absolute Gasteiger partial charge is 0.310 e. The first kappa shape index (κ1) is 33.6. The highest BCUT2D eigenvalue weighted by atomic mass is 31.1. The predicted molar refractivity (Wildman–Crippen MR) is 207 cm³/mol. The molecule has 0 unspecified atom stereocenters. The summed E-state index contributed by atoms with van der Waals surface area (Å²) in [6.07, 6.45) is 0. The minimum Gasteiger partial charge on any atom is -0.469 e. The summed E-state index contributed by atoms with van der Waals surface area (Å²) >= 11 is 0. The Balaban J connectivity index is 1.46. The lowest BCUT2D eigenvalue weighted by Gasteiger charge is -2.51. The number of esters is 2. The fourth-order valence-corrected chi connectivity index (χ4v) is 12.5. The molecule has 0 spiro atoms. The van der Waals surface area contributed by atoms with E-state index in [1.165, 1.54) is 35.4 Å². The normalized spacial score (nSPS) is 18.3. The molecule has 1 aliphatic carbocycles. The second-order valence-electron chi connectivity index (χ2n) is 12.3. The molecule has 4 nitrogen and oxygen atoms in total. The summed E-state index contributed by atoms with van der Waals surface area (Å²) in [5, 5.41) is 7.19. The van der Waals surface area contributed by atoms with Gasteiger partial charge in [0.15, 0.2) is 0 Å². The van der Waals surface area contributed by atoms with Gasteiger partial charge in [-0.3, -0.25) is 9.59 Å². The number of benzene rings is 6. The first-order valence-electron chi connectivity index (χ1n) is 16.8. The highest BCUT2D eigenvalue weighted by Gasteiger charge is 2.60. The summed E-state index contributed by atoms with van der Waals surface area (Å²) < 4.78 is 10.9. The quantitative estimate of drug-likeness (QED) is 0.119. The Kier molecular flexibility index (Phi) is 10.3. The molecule has 1 saturated carbocycles. The van der Waals surface area contributed by atoms with Crippen molar-refractivity contribution in [2.45, 2.75) is 11.8 Å². The van der Waals surface area contributed by atoms with Crippen molar-refractivity contribution in [3.63, 3.8) is 0 Å². The van der Waals surface area contributed by atoms with Crippen molar-refractivity contribution >= 4 is 59.6 Å². The third kappa shape index (κ3) is 6.42. The van der Waals surface area contributed by atoms with E-state index in [4.69, 9.17) is 9.47 Å². The average molecular weight is 693 g/mol. The van der Waals surface area contributed by atoms with Gasteiger partial charge >= 0.3 is 11.9 Å². The van der Waals surface area contributed by atoms with Gasteiger partial charge in [0.25, 0.3) is 0 Å². The summed E-state index contributed by atoms with van der Waals surface area (Å²) in [7, 11) is 0.834. The fraction of sp³-hybridized carbons (Fsp3) is 0.136. The van der Waals surface area contributed by atoms with E-state index in [1.54, 1.807) is 0 Å². The van der Waals surface area contributed by atoms with Crippen molar-refractivity contribution < 1.29 is 19.1 Å². The number of rotatable bonds is 10. The van der Waals surface area contributed by atoms with Crippen LogP contribution >= 0.6 is 15.8 Å². The highest BCUT2D eigenvalue weighted by Crippen LogP contribution is 2.60. The average Bonchev–Trinajstić information content (AvgIpc) is 3.17. The Morgan fingerprint density at radius 1 is 0.400 bits per heavy atom. The van der Waals surface area contributed by atoms with E-state index in [1.807, 2.05) is 36.4 Å². The Hall–Kier alpha value is -4.88. The molecular weight excluding hydrogens is 654 g/mol. The molecule has 0 heterocycles. The van der Waals surface area contributed by atoms with E-state index in [0.29, 0.717) is 0 Å². The topological polar surface area (TPSA) is 52.6 Å². The Morgan fingerprint density at radius 2 is 0.660 bits per heavy atom. The van der Waals surface area contributed by atoms with E-state index < -0.39 is 39.6 Å². The SMILES string of the molecule is COC(=O)[C@@H]1[C@@H](C(=O)OC)[C@@H](c2ccccc2P(c2ccccc2)c2ccccc2)[C@@H]1c1ccccc1P(c1ccccc1)c1ccccc1. The monoisotopic (exact) mass is 692 g/mol. The molecule has 0 amide bonds. The molecule has 4 atom stereocenters. The van der Waals surface area contributed by atoms with Crippen LogP contribution < -0.4 is 31.8 Å². The summed E-state index contributed by atoms with van der Waals surface area (Å²) in [5.74, 6) is -2.88. The van der Waals surface area contributed by atoms with Gasteiger partial charge in [0.1, 0.15) is 0 Å². The van der Waals surface area contributed by atoms with Crippen LogP contribution in [0.1, 0.15) is 23.0 Å². The molecule has 0 saturated heterocycles. The van der Waals surface area contributed by atoms with Gasteiger partial charge in [-0.15, -0.1) is 0 Å². The molecule has 248 valence electrons. The minimum absolute atomic E-state index is 0.329. The predicted octanol–water partition coefficient (Wildman–Crippen LogP) is 6.66. The third-order valence-electron chi connectivity index (χ3n) is 9.63. The van der Waals surface area contributed by atoms with Crippen molar-refractivity contribution in [3.05, 3.63) is 181 Å². The number of carbonyl (C=O) groups excluding carboxylic acids is 2. The zero-order valence-corrected chi connectivity index (χ0v) is 29.8. The van der Waals surface area contributed by atoms with Gasteiger partial charge in [-0.2, -0.15) is 0 Å². The van der Waals surface area contributed by atoms with Gasteiger partial charge in [0.2, 0.25) is 0 Å². The fourth-order valence-electron chi connectivity index (χ4n) is 7.49. The van der Waals surface area contributed by atoms with Crippen molar-refractivity contribution in [1.29, 1.82) is 0 Å². The zero-order valence-electron chi connectivity index (χ0n) is 28.0. The van der Waals surface area contributed by atoms with Gasteiger partial charge in [0.05, 0.1) is 26.1 Å². The number of methoxy groups -OCH3 is 2. The zero-order chi connectivity index (χ0) is 34.5. The molecule has 6 heteroatoms. The molecule has 0 aliphatic heterocycles. The van der Waals surface area contributed by atoms with E-state index in [0.717, 1.165) is 21.7 Å². The van der Waals surface area contributed by atoms with E-state index in [9.17, 15) is 9.59 Å². The van der Waals surface area contributed by atoms with E-state index in [2.05, 4.69) is 133 Å². The third-order valence-corrected chi connectivity index (χ3v) is 14.7. The molecule has 0 aromatic heterocycles. The number of hydrogen-bond donors (Lipinski definition) is 0. The van der Waals surface area contributed by atoms with Crippen LogP contribution in [-0.2, 0) is 19.1 Å². The maximum Gasteiger partial charge on any atom is 0.310 e. The van der Waals surface area contributed by atoms with Crippen LogP contribution in [0.3, 0.4) is 0 Å². The van der Waals surface area contributed by atoms with Crippen LogP contribution in [0.2, 0.25) is 0 Å². The largest absolute Gasteiger partial charge is 0.469 e. The molecular formula is C44H38O4P2. The summed E-state index contributed by atoms with van der Waals surface area (Å²) in [6, 6.07) is 59.3. The maximum absolute atomic E-state index is 13.8. The number of carbonyl (C=O) groups is 2. The molecule has 50 heavy (non-hydrogen) atoms. The number of hydrogen-bond acceptors (Lipinski definition) is 4. The second-order valence-corrected chi connectivity index (χ2v) is 16.7. The first-order valence-corrected chi connectivity index (χ1v) is 19.4. The van der Waals surface area contributed by atoms with Gasteiger partial charge in [-0.05, 0) is 58.8 Å².